The number of aliphatic hydroxyl groups is 5. The molecule has 1 unspecified atom stereocenters. The maximum Gasteiger partial charge on any atom is 0.673 e. The number of H-pyrrole nitrogens is 1. The van der Waals surface area contributed by atoms with Crippen LogP contribution < -0.4 is 11.2 Å². The van der Waals surface area contributed by atoms with E-state index in [4.69, 9.17) is 14.6 Å². The van der Waals surface area contributed by atoms with Gasteiger partial charge in [-0.3, -0.25) is 14.3 Å². The van der Waals surface area contributed by atoms with Crippen LogP contribution in [-0.4, -0.2) is 110 Å². The Bertz CT molecular complexity index is 918. The molecular formula is C19H31BF4N2O9S. The number of halogens is 4. The third-order valence-corrected chi connectivity index (χ3v) is 8.26. The minimum Gasteiger partial charge on any atom is -0.418 e. The van der Waals surface area contributed by atoms with E-state index in [1.807, 2.05) is 0 Å². The molecule has 0 aliphatic carbocycles. The molecule has 1 aromatic heterocycles. The highest BCUT2D eigenvalue weighted by Crippen LogP contribution is 2.28. The highest BCUT2D eigenvalue weighted by atomic mass is 32.2. The minimum absolute atomic E-state index is 0.0105. The van der Waals surface area contributed by atoms with Crippen molar-refractivity contribution in [2.75, 3.05) is 37.1 Å². The maximum atomic E-state index is 11.9. The molecule has 6 N–H and O–H groups in total. The second-order valence-corrected chi connectivity index (χ2v) is 10.8. The molecule has 2 aliphatic heterocycles. The lowest BCUT2D eigenvalue weighted by Gasteiger charge is -2.16. The van der Waals surface area contributed by atoms with E-state index in [0.29, 0.717) is 12.4 Å². The second kappa shape index (κ2) is 13.9. The molecule has 0 radical (unpaired) electrons. The zero-order chi connectivity index (χ0) is 27.0. The summed E-state index contributed by atoms with van der Waals surface area (Å²) in [6.07, 6.45) is -3.11. The van der Waals surface area contributed by atoms with Gasteiger partial charge in [-0.1, -0.05) is 0 Å². The van der Waals surface area contributed by atoms with Gasteiger partial charge in [-0.15, -0.1) is 0 Å². The van der Waals surface area contributed by atoms with E-state index >= 15 is 0 Å². The summed E-state index contributed by atoms with van der Waals surface area (Å²) in [5.74, 6) is 2.01. The Hall–Kier alpha value is -1.47. The first kappa shape index (κ1) is 30.8. The van der Waals surface area contributed by atoms with E-state index in [1.54, 1.807) is 0 Å². The number of nitrogens with zero attached hydrogens (tertiary/aromatic N) is 1. The van der Waals surface area contributed by atoms with E-state index < -0.39 is 55.3 Å². The van der Waals surface area contributed by atoms with Gasteiger partial charge in [-0.2, -0.15) is 0 Å². The number of hydrogen-bond donors (Lipinski definition) is 6. The van der Waals surface area contributed by atoms with Crippen molar-refractivity contribution in [1.82, 2.24) is 9.55 Å². The van der Waals surface area contributed by atoms with Crippen LogP contribution >= 0.6 is 0 Å². The van der Waals surface area contributed by atoms with E-state index in [1.165, 1.54) is 6.20 Å². The van der Waals surface area contributed by atoms with Crippen molar-refractivity contribution in [3.8, 4) is 0 Å². The molecule has 11 nitrogen and oxygen atoms in total. The summed E-state index contributed by atoms with van der Waals surface area (Å²) in [6, 6.07) is 1.13. The molecule has 2 aliphatic rings. The maximum absolute atomic E-state index is 11.9. The average Bonchev–Trinajstić information content (AvgIpc) is 3.29. The number of unbranched alkanes of at least 4 members (excludes halogenated alkanes) is 1. The lowest BCUT2D eigenvalue weighted by Crippen LogP contribution is -2.37. The van der Waals surface area contributed by atoms with E-state index in [2.05, 4.69) is 4.98 Å². The van der Waals surface area contributed by atoms with Gasteiger partial charge in [-0.05, 0) is 23.7 Å². The van der Waals surface area contributed by atoms with Gasteiger partial charge in [0.05, 0.1) is 25.2 Å². The van der Waals surface area contributed by atoms with E-state index in [0.717, 1.165) is 35.0 Å². The van der Waals surface area contributed by atoms with Crippen molar-refractivity contribution in [3.05, 3.63) is 33.1 Å². The van der Waals surface area contributed by atoms with Crippen LogP contribution in [0, 0.1) is 5.92 Å². The van der Waals surface area contributed by atoms with Gasteiger partial charge in [-0.25, -0.2) is 4.79 Å². The fraction of sp³-hybridized carbons (Fsp3) is 0.789. The van der Waals surface area contributed by atoms with Gasteiger partial charge in [0.25, 0.3) is 5.56 Å². The Morgan fingerprint density at radius 1 is 1.17 bits per heavy atom. The van der Waals surface area contributed by atoms with Crippen molar-refractivity contribution in [2.24, 2.45) is 5.92 Å². The summed E-state index contributed by atoms with van der Waals surface area (Å²) < 4.78 is 51.2. The molecule has 1 aromatic rings. The number of rotatable bonds is 10. The largest absolute Gasteiger partial charge is 0.673 e. The zero-order valence-electron chi connectivity index (χ0n) is 19.2. The summed E-state index contributed by atoms with van der Waals surface area (Å²) >= 11 is 0. The van der Waals surface area contributed by atoms with Crippen LogP contribution in [0.15, 0.2) is 21.9 Å². The standard InChI is InChI=1S/C19H30N2O9S.BF4/c22-7-12(23)11-9-31(10-13(11)24)6-2-1-5-29-8-14-16(26)17(27)18(30-14)21-4-3-15(25)20-19(21)28;2-1(3,4)5/h3-4,11-14,16-18,22-24,26-27H,1-2,5-10H2;/q;-1/p+1/t11-,12-,13-,14-,16-,17-,18-,31?;/m1./s1. The first-order chi connectivity index (χ1) is 16.8. The zero-order valence-corrected chi connectivity index (χ0v) is 20.0. The summed E-state index contributed by atoms with van der Waals surface area (Å²) in [7, 11) is -5.99. The normalized spacial score (nSPS) is 31.2. The Labute approximate surface area is 206 Å². The molecule has 0 bridgehead atoms. The molecule has 0 saturated carbocycles. The predicted molar refractivity (Wildman–Crippen MR) is 122 cm³/mol. The summed E-state index contributed by atoms with van der Waals surface area (Å²) in [4.78, 5) is 25.1. The number of hydrogen-bond acceptors (Lipinski definition) is 9. The minimum atomic E-state index is -6.00. The van der Waals surface area contributed by atoms with Gasteiger partial charge in [0.2, 0.25) is 0 Å². The first-order valence-corrected chi connectivity index (χ1v) is 12.9. The van der Waals surface area contributed by atoms with Crippen molar-refractivity contribution in [1.29, 1.82) is 0 Å². The SMILES string of the molecule is F[B-](F)(F)F.O=c1ccn([C@@H]2O[C@H](COCCCC[S+]3C[C@H]([C@H](O)CO)[C@H](O)C3)[C@@H](O)[C@H]2O)c(=O)[nH]1. The fourth-order valence-electron chi connectivity index (χ4n) is 3.92. The van der Waals surface area contributed by atoms with Crippen LogP contribution in [-0.2, 0) is 20.4 Å². The molecule has 0 spiro atoms. The molecule has 36 heavy (non-hydrogen) atoms. The first-order valence-electron chi connectivity index (χ1n) is 11.2. The van der Waals surface area contributed by atoms with Crippen LogP contribution in [0.2, 0.25) is 0 Å². The molecular weight excluding hydrogens is 519 g/mol. The van der Waals surface area contributed by atoms with Crippen LogP contribution in [0.25, 0.3) is 0 Å². The highest BCUT2D eigenvalue weighted by molar-refractivity contribution is 7.97. The smallest absolute Gasteiger partial charge is 0.418 e. The van der Waals surface area contributed by atoms with Gasteiger partial charge in [0.1, 0.15) is 41.7 Å². The van der Waals surface area contributed by atoms with Crippen LogP contribution in [0.1, 0.15) is 19.1 Å². The molecule has 3 heterocycles. The average molecular weight is 550 g/mol. The molecule has 0 aromatic carbocycles. The highest BCUT2D eigenvalue weighted by Gasteiger charge is 2.45. The summed E-state index contributed by atoms with van der Waals surface area (Å²) in [5.41, 5.74) is -1.31. The molecule has 2 saturated heterocycles. The molecule has 2 fully saturated rings. The van der Waals surface area contributed by atoms with Crippen molar-refractivity contribution in [3.63, 3.8) is 0 Å². The van der Waals surface area contributed by atoms with Crippen molar-refractivity contribution >= 4 is 18.1 Å². The Kier molecular flexibility index (Phi) is 11.9. The monoisotopic (exact) mass is 550 g/mol. The number of aliphatic hydroxyl groups excluding tert-OH is 5. The lowest BCUT2D eigenvalue weighted by molar-refractivity contribution is -0.0685. The van der Waals surface area contributed by atoms with Crippen molar-refractivity contribution in [2.45, 2.75) is 49.6 Å². The second-order valence-electron chi connectivity index (χ2n) is 8.47. The Balaban J connectivity index is 0.000000830. The molecule has 3 rings (SSSR count). The molecule has 0 amide bonds. The quantitative estimate of drug-likeness (QED) is 0.0852. The molecule has 8 atom stereocenters. The topological polar surface area (TPSA) is 174 Å². The van der Waals surface area contributed by atoms with Crippen molar-refractivity contribution < 1.29 is 52.3 Å². The fourth-order valence-corrected chi connectivity index (χ4v) is 6.72. The molecule has 17 heteroatoms. The summed E-state index contributed by atoms with van der Waals surface area (Å²) in [6.45, 7) is 0.130. The third kappa shape index (κ3) is 9.44. The predicted octanol–water partition coefficient (Wildman–Crippen LogP) is -1.79. The Morgan fingerprint density at radius 3 is 2.44 bits per heavy atom. The van der Waals surface area contributed by atoms with Gasteiger partial charge in [0.15, 0.2) is 6.23 Å². The lowest BCUT2D eigenvalue weighted by atomic mass is 10.0. The molecule has 208 valence electrons. The van der Waals surface area contributed by atoms with Gasteiger partial charge in [0, 0.05) is 18.9 Å². The summed E-state index contributed by atoms with van der Waals surface area (Å²) in [5, 5.41) is 49.2. The Morgan fingerprint density at radius 2 is 1.83 bits per heavy atom. The number of ether oxygens (including phenoxy) is 2. The van der Waals surface area contributed by atoms with Gasteiger partial charge < -0.3 is 52.3 Å². The number of aromatic nitrogens is 2. The van der Waals surface area contributed by atoms with E-state index in [-0.39, 0.29) is 30.0 Å². The number of nitrogens with one attached hydrogen (secondary N) is 1. The number of aromatic amines is 1. The van der Waals surface area contributed by atoms with E-state index in [9.17, 15) is 47.3 Å². The van der Waals surface area contributed by atoms with Gasteiger partial charge >= 0.3 is 12.9 Å². The van der Waals surface area contributed by atoms with Crippen LogP contribution in [0.5, 0.6) is 0 Å². The van der Waals surface area contributed by atoms with Crippen LogP contribution in [0.4, 0.5) is 17.3 Å². The van der Waals surface area contributed by atoms with Crippen LogP contribution in [0.3, 0.4) is 0 Å². The third-order valence-electron chi connectivity index (χ3n) is 5.73.